The second-order valence-electron chi connectivity index (χ2n) is 6.77. The van der Waals surface area contributed by atoms with Crippen molar-refractivity contribution in [1.82, 2.24) is 5.32 Å². The summed E-state index contributed by atoms with van der Waals surface area (Å²) < 4.78 is 5.66. The van der Waals surface area contributed by atoms with Gasteiger partial charge in [-0.2, -0.15) is 0 Å². The molecule has 0 radical (unpaired) electrons. The third kappa shape index (κ3) is 5.93. The molecule has 0 spiro atoms. The van der Waals surface area contributed by atoms with Crippen molar-refractivity contribution >= 4 is 0 Å². The fourth-order valence-corrected chi connectivity index (χ4v) is 2.06. The molecule has 0 heterocycles. The molecule has 3 heteroatoms. The summed E-state index contributed by atoms with van der Waals surface area (Å²) in [5.41, 5.74) is 2.59. The van der Waals surface area contributed by atoms with E-state index in [4.69, 9.17) is 4.74 Å². The SMILES string of the molecule is Cc1cc(OC[C@H](O)CNC(C)(C)C)ccc1C(C)C. The molecule has 3 nitrogen and oxygen atoms in total. The first kappa shape index (κ1) is 17.0. The van der Waals surface area contributed by atoms with Crippen molar-refractivity contribution < 1.29 is 9.84 Å². The van der Waals surface area contributed by atoms with E-state index in [0.717, 1.165) is 5.75 Å². The number of ether oxygens (including phenoxy) is 1. The average Bonchev–Trinajstić information content (AvgIpc) is 2.32. The number of aliphatic hydroxyl groups excluding tert-OH is 1. The summed E-state index contributed by atoms with van der Waals surface area (Å²) >= 11 is 0. The molecule has 0 amide bonds. The van der Waals surface area contributed by atoms with Gasteiger partial charge in [0.15, 0.2) is 0 Å². The van der Waals surface area contributed by atoms with Crippen molar-refractivity contribution in [3.63, 3.8) is 0 Å². The first-order valence-electron chi connectivity index (χ1n) is 7.35. The highest BCUT2D eigenvalue weighted by atomic mass is 16.5. The topological polar surface area (TPSA) is 41.5 Å². The Morgan fingerprint density at radius 1 is 1.25 bits per heavy atom. The van der Waals surface area contributed by atoms with Crippen LogP contribution in [0.25, 0.3) is 0 Å². The van der Waals surface area contributed by atoms with Crippen LogP contribution in [0.2, 0.25) is 0 Å². The minimum Gasteiger partial charge on any atom is -0.491 e. The minimum absolute atomic E-state index is 0.0104. The van der Waals surface area contributed by atoms with Crippen molar-refractivity contribution in [3.05, 3.63) is 29.3 Å². The highest BCUT2D eigenvalue weighted by Crippen LogP contribution is 2.23. The first-order chi connectivity index (χ1) is 9.19. The number of β-amino-alcohol motifs (C(OH)–C–C–N with tert-alkyl or cyclic N) is 1. The van der Waals surface area contributed by atoms with Crippen molar-refractivity contribution in [3.8, 4) is 5.75 Å². The van der Waals surface area contributed by atoms with Crippen LogP contribution in [-0.4, -0.2) is 29.9 Å². The van der Waals surface area contributed by atoms with Crippen LogP contribution in [0.5, 0.6) is 5.75 Å². The second-order valence-corrected chi connectivity index (χ2v) is 6.77. The third-order valence-electron chi connectivity index (χ3n) is 3.17. The van der Waals surface area contributed by atoms with Gasteiger partial charge in [0.25, 0.3) is 0 Å². The summed E-state index contributed by atoms with van der Waals surface area (Å²) in [5, 5.41) is 13.2. The molecule has 2 N–H and O–H groups in total. The Morgan fingerprint density at radius 3 is 2.40 bits per heavy atom. The fraction of sp³-hybridized carbons (Fsp3) is 0.647. The Kier molecular flexibility index (Phi) is 6.03. The molecule has 0 aliphatic carbocycles. The van der Waals surface area contributed by atoms with Crippen LogP contribution in [0, 0.1) is 6.92 Å². The largest absolute Gasteiger partial charge is 0.491 e. The van der Waals surface area contributed by atoms with Gasteiger partial charge in [0.1, 0.15) is 18.5 Å². The minimum atomic E-state index is -0.501. The molecule has 0 unspecified atom stereocenters. The van der Waals surface area contributed by atoms with Gasteiger partial charge in [-0.15, -0.1) is 0 Å². The molecule has 0 bridgehead atoms. The molecular formula is C17H29NO2. The fourth-order valence-electron chi connectivity index (χ4n) is 2.06. The van der Waals surface area contributed by atoms with Gasteiger partial charge in [-0.3, -0.25) is 0 Å². The van der Waals surface area contributed by atoms with Crippen LogP contribution in [0.15, 0.2) is 18.2 Å². The van der Waals surface area contributed by atoms with Crippen molar-refractivity contribution in [1.29, 1.82) is 0 Å². The van der Waals surface area contributed by atoms with Crippen molar-refractivity contribution in [2.24, 2.45) is 0 Å². The van der Waals surface area contributed by atoms with Crippen LogP contribution in [-0.2, 0) is 0 Å². The van der Waals surface area contributed by atoms with Crippen molar-refractivity contribution in [2.45, 2.75) is 59.1 Å². The zero-order valence-corrected chi connectivity index (χ0v) is 13.7. The summed E-state index contributed by atoms with van der Waals surface area (Å²) in [5.74, 6) is 1.34. The Balaban J connectivity index is 2.48. The van der Waals surface area contributed by atoms with Crippen LogP contribution in [0.1, 0.15) is 51.7 Å². The summed E-state index contributed by atoms with van der Waals surface area (Å²) in [6.07, 6.45) is -0.501. The van der Waals surface area contributed by atoms with Gasteiger partial charge in [0.05, 0.1) is 0 Å². The maximum Gasteiger partial charge on any atom is 0.119 e. The lowest BCUT2D eigenvalue weighted by Crippen LogP contribution is -2.42. The molecule has 0 fully saturated rings. The van der Waals surface area contributed by atoms with E-state index in [0.29, 0.717) is 19.1 Å². The number of benzene rings is 1. The van der Waals surface area contributed by atoms with E-state index >= 15 is 0 Å². The van der Waals surface area contributed by atoms with E-state index in [-0.39, 0.29) is 5.54 Å². The lowest BCUT2D eigenvalue weighted by atomic mass is 9.98. The molecule has 114 valence electrons. The maximum absolute atomic E-state index is 9.90. The zero-order chi connectivity index (χ0) is 15.3. The number of hydrogen-bond donors (Lipinski definition) is 2. The molecule has 1 rings (SSSR count). The summed E-state index contributed by atoms with van der Waals surface area (Å²) in [7, 11) is 0. The lowest BCUT2D eigenvalue weighted by Gasteiger charge is -2.23. The molecular weight excluding hydrogens is 250 g/mol. The number of aryl methyl sites for hydroxylation is 1. The van der Waals surface area contributed by atoms with Gasteiger partial charge in [0, 0.05) is 12.1 Å². The molecule has 1 atom stereocenters. The molecule has 1 aromatic carbocycles. The number of hydrogen-bond acceptors (Lipinski definition) is 3. The standard InChI is InChI=1S/C17H29NO2/c1-12(2)16-8-7-15(9-13(16)3)20-11-14(19)10-18-17(4,5)6/h7-9,12,14,18-19H,10-11H2,1-6H3/t14-/m1/s1. The predicted molar refractivity (Wildman–Crippen MR) is 84.5 cm³/mol. The first-order valence-corrected chi connectivity index (χ1v) is 7.35. The highest BCUT2D eigenvalue weighted by molar-refractivity contribution is 5.36. The van der Waals surface area contributed by atoms with E-state index in [2.05, 4.69) is 52.9 Å². The van der Waals surface area contributed by atoms with E-state index in [1.165, 1.54) is 11.1 Å². The summed E-state index contributed by atoms with van der Waals surface area (Å²) in [6.45, 7) is 13.5. The van der Waals surface area contributed by atoms with E-state index in [1.807, 2.05) is 12.1 Å². The van der Waals surface area contributed by atoms with Crippen LogP contribution in [0.3, 0.4) is 0 Å². The molecule has 0 aliphatic heterocycles. The number of nitrogens with one attached hydrogen (secondary N) is 1. The third-order valence-corrected chi connectivity index (χ3v) is 3.17. The number of aliphatic hydroxyl groups is 1. The predicted octanol–water partition coefficient (Wildman–Crippen LogP) is 3.25. The van der Waals surface area contributed by atoms with E-state index in [1.54, 1.807) is 0 Å². The Hall–Kier alpha value is -1.06. The van der Waals surface area contributed by atoms with Gasteiger partial charge in [-0.1, -0.05) is 19.9 Å². The second kappa shape index (κ2) is 7.09. The molecule has 1 aromatic rings. The maximum atomic E-state index is 9.90. The van der Waals surface area contributed by atoms with Gasteiger partial charge in [0.2, 0.25) is 0 Å². The average molecular weight is 279 g/mol. The molecule has 0 saturated heterocycles. The molecule has 0 aliphatic rings. The Labute approximate surface area is 123 Å². The van der Waals surface area contributed by atoms with Gasteiger partial charge < -0.3 is 15.2 Å². The lowest BCUT2D eigenvalue weighted by molar-refractivity contribution is 0.100. The van der Waals surface area contributed by atoms with E-state index < -0.39 is 6.10 Å². The monoisotopic (exact) mass is 279 g/mol. The zero-order valence-electron chi connectivity index (χ0n) is 13.7. The van der Waals surface area contributed by atoms with E-state index in [9.17, 15) is 5.11 Å². The van der Waals surface area contributed by atoms with Crippen LogP contribution in [0.4, 0.5) is 0 Å². The molecule has 20 heavy (non-hydrogen) atoms. The van der Waals surface area contributed by atoms with Gasteiger partial charge in [-0.05, 0) is 56.9 Å². The smallest absolute Gasteiger partial charge is 0.119 e. The summed E-state index contributed by atoms with van der Waals surface area (Å²) in [6, 6.07) is 6.13. The van der Waals surface area contributed by atoms with Crippen LogP contribution < -0.4 is 10.1 Å². The highest BCUT2D eigenvalue weighted by Gasteiger charge is 2.13. The normalized spacial score (nSPS) is 13.6. The Bertz CT molecular complexity index is 421. The summed E-state index contributed by atoms with van der Waals surface area (Å²) in [4.78, 5) is 0. The van der Waals surface area contributed by atoms with Crippen LogP contribution >= 0.6 is 0 Å². The van der Waals surface area contributed by atoms with Crippen molar-refractivity contribution in [2.75, 3.05) is 13.2 Å². The van der Waals surface area contributed by atoms with Gasteiger partial charge >= 0.3 is 0 Å². The molecule has 0 aromatic heterocycles. The van der Waals surface area contributed by atoms with Gasteiger partial charge in [-0.25, -0.2) is 0 Å². The molecule has 0 saturated carbocycles. The number of rotatable bonds is 6. The Morgan fingerprint density at radius 2 is 1.90 bits per heavy atom. The quantitative estimate of drug-likeness (QED) is 0.840.